The summed E-state index contributed by atoms with van der Waals surface area (Å²) in [6.45, 7) is 6.99. The van der Waals surface area contributed by atoms with Gasteiger partial charge in [-0.3, -0.25) is 14.6 Å². The van der Waals surface area contributed by atoms with Gasteiger partial charge in [0.2, 0.25) is 0 Å². The molecule has 0 radical (unpaired) electrons. The van der Waals surface area contributed by atoms with Gasteiger partial charge in [-0.2, -0.15) is 0 Å². The van der Waals surface area contributed by atoms with Crippen molar-refractivity contribution >= 4 is 74.0 Å². The minimum Gasteiger partial charge on any atom is -0.379 e. The van der Waals surface area contributed by atoms with E-state index in [4.69, 9.17) is 21.3 Å². The molecule has 0 unspecified atom stereocenters. The Morgan fingerprint density at radius 1 is 1.32 bits per heavy atom. The van der Waals surface area contributed by atoms with E-state index in [0.29, 0.717) is 11.6 Å². The number of hydrogen-bond donors (Lipinski definition) is 0. The zero-order valence-electron chi connectivity index (χ0n) is 17.3. The van der Waals surface area contributed by atoms with Crippen LogP contribution >= 0.6 is 46.7 Å². The molecule has 0 bridgehead atoms. The average Bonchev–Trinajstić information content (AvgIpc) is 3.43. The van der Waals surface area contributed by atoms with E-state index in [1.165, 1.54) is 11.3 Å². The Bertz CT molecular complexity index is 1030. The maximum absolute atomic E-state index is 13.1. The number of benzene rings is 1. The standard InChI is InChI=1S/C22H24ClN3O2S2.ClH/c1-16-18(23)6-7-19-21(16)24-22(30-19)26(10-3-9-25-11-13-28-14-12-25)20(27)8-5-17-4-2-15-29-17;/h2,4-8,15H,3,9-14H2,1H3;1H/b8-5+;. The number of amides is 1. The summed E-state index contributed by atoms with van der Waals surface area (Å²) in [7, 11) is 0. The number of morpholine rings is 1. The Morgan fingerprint density at radius 3 is 2.87 bits per heavy atom. The van der Waals surface area contributed by atoms with Crippen molar-refractivity contribution in [3.63, 3.8) is 0 Å². The molecule has 1 fully saturated rings. The van der Waals surface area contributed by atoms with Crippen molar-refractivity contribution in [2.75, 3.05) is 44.3 Å². The molecule has 9 heteroatoms. The summed E-state index contributed by atoms with van der Waals surface area (Å²) in [5, 5.41) is 3.42. The molecule has 0 spiro atoms. The molecule has 1 aromatic carbocycles. The number of thiazole rings is 1. The maximum Gasteiger partial charge on any atom is 0.252 e. The zero-order valence-corrected chi connectivity index (χ0v) is 20.5. The van der Waals surface area contributed by atoms with Crippen LogP contribution in [0.25, 0.3) is 16.3 Å². The molecule has 2 aromatic heterocycles. The second-order valence-corrected chi connectivity index (χ2v) is 9.56. The van der Waals surface area contributed by atoms with E-state index in [-0.39, 0.29) is 18.3 Å². The fourth-order valence-corrected chi connectivity index (χ4v) is 5.24. The highest BCUT2D eigenvalue weighted by atomic mass is 35.5. The second-order valence-electron chi connectivity index (χ2n) is 7.16. The minimum atomic E-state index is -0.0480. The topological polar surface area (TPSA) is 45.7 Å². The summed E-state index contributed by atoms with van der Waals surface area (Å²) < 4.78 is 6.46. The first kappa shape index (κ1) is 24.2. The molecule has 3 heterocycles. The Labute approximate surface area is 201 Å². The lowest BCUT2D eigenvalue weighted by molar-refractivity contribution is -0.114. The normalized spacial score (nSPS) is 14.8. The van der Waals surface area contributed by atoms with Crippen molar-refractivity contribution in [2.24, 2.45) is 0 Å². The molecule has 166 valence electrons. The SMILES string of the molecule is Cc1c(Cl)ccc2sc(N(CCCN3CCOCC3)C(=O)/C=C/c3cccs3)nc12.Cl. The van der Waals surface area contributed by atoms with Crippen molar-refractivity contribution in [3.05, 3.63) is 51.2 Å². The smallest absolute Gasteiger partial charge is 0.252 e. The molecule has 1 aliphatic rings. The summed E-state index contributed by atoms with van der Waals surface area (Å²) in [6, 6.07) is 7.85. The first-order chi connectivity index (χ1) is 14.6. The van der Waals surface area contributed by atoms with E-state index in [1.54, 1.807) is 22.3 Å². The molecular weight excluding hydrogens is 473 g/mol. The lowest BCUT2D eigenvalue weighted by Gasteiger charge is -2.27. The Morgan fingerprint density at radius 2 is 2.13 bits per heavy atom. The number of aryl methyl sites for hydroxylation is 1. The van der Waals surface area contributed by atoms with Gasteiger partial charge in [-0.15, -0.1) is 23.7 Å². The molecule has 0 saturated carbocycles. The van der Waals surface area contributed by atoms with Gasteiger partial charge in [-0.1, -0.05) is 29.0 Å². The highest BCUT2D eigenvalue weighted by Gasteiger charge is 2.20. The van der Waals surface area contributed by atoms with Crippen molar-refractivity contribution in [3.8, 4) is 0 Å². The third-order valence-electron chi connectivity index (χ3n) is 5.13. The van der Waals surface area contributed by atoms with Gasteiger partial charge in [-0.05, 0) is 48.6 Å². The third-order valence-corrected chi connectivity index (χ3v) is 7.42. The van der Waals surface area contributed by atoms with Crippen LogP contribution < -0.4 is 4.90 Å². The summed E-state index contributed by atoms with van der Waals surface area (Å²) in [6.07, 6.45) is 4.40. The summed E-state index contributed by atoms with van der Waals surface area (Å²) in [4.78, 5) is 23.1. The number of nitrogens with zero attached hydrogens (tertiary/aromatic N) is 3. The molecule has 0 atom stereocenters. The predicted molar refractivity (Wildman–Crippen MR) is 134 cm³/mol. The fourth-order valence-electron chi connectivity index (χ4n) is 3.41. The van der Waals surface area contributed by atoms with Crippen LogP contribution in [0.3, 0.4) is 0 Å². The molecular formula is C22H25Cl2N3O2S2. The predicted octanol–water partition coefficient (Wildman–Crippen LogP) is 5.51. The number of carbonyl (C=O) groups is 1. The molecule has 1 amide bonds. The summed E-state index contributed by atoms with van der Waals surface area (Å²) in [5.74, 6) is -0.0480. The van der Waals surface area contributed by atoms with Gasteiger partial charge in [0.15, 0.2) is 5.13 Å². The van der Waals surface area contributed by atoms with Crippen LogP contribution in [-0.4, -0.2) is 55.2 Å². The number of hydrogen-bond acceptors (Lipinski definition) is 6. The number of ether oxygens (including phenoxy) is 1. The van der Waals surface area contributed by atoms with Crippen molar-refractivity contribution in [1.82, 2.24) is 9.88 Å². The molecule has 1 saturated heterocycles. The molecule has 0 aliphatic carbocycles. The number of fused-ring (bicyclic) bond motifs is 1. The van der Waals surface area contributed by atoms with E-state index in [2.05, 4.69) is 4.90 Å². The molecule has 5 nitrogen and oxygen atoms in total. The number of thiophene rings is 1. The molecule has 0 N–H and O–H groups in total. The molecule has 4 rings (SSSR count). The van der Waals surface area contributed by atoms with Gasteiger partial charge in [0.25, 0.3) is 5.91 Å². The quantitative estimate of drug-likeness (QED) is 0.403. The van der Waals surface area contributed by atoms with Crippen LogP contribution in [0, 0.1) is 6.92 Å². The summed E-state index contributed by atoms with van der Waals surface area (Å²) >= 11 is 9.42. The van der Waals surface area contributed by atoms with Crippen LogP contribution in [0.5, 0.6) is 0 Å². The number of halogens is 2. The Hall–Kier alpha value is -1.48. The van der Waals surface area contributed by atoms with Crippen molar-refractivity contribution < 1.29 is 9.53 Å². The highest BCUT2D eigenvalue weighted by molar-refractivity contribution is 7.22. The Kier molecular flexibility index (Phi) is 8.89. The first-order valence-corrected chi connectivity index (χ1v) is 12.1. The minimum absolute atomic E-state index is 0. The number of aromatic nitrogens is 1. The maximum atomic E-state index is 13.1. The largest absolute Gasteiger partial charge is 0.379 e. The lowest BCUT2D eigenvalue weighted by atomic mass is 10.2. The van der Waals surface area contributed by atoms with Crippen molar-refractivity contribution in [1.29, 1.82) is 0 Å². The van der Waals surface area contributed by atoms with Gasteiger partial charge in [0.1, 0.15) is 0 Å². The van der Waals surface area contributed by atoms with E-state index in [0.717, 1.165) is 65.1 Å². The van der Waals surface area contributed by atoms with E-state index in [9.17, 15) is 4.79 Å². The number of carbonyl (C=O) groups excluding carboxylic acids is 1. The second kappa shape index (κ2) is 11.4. The van der Waals surface area contributed by atoms with Gasteiger partial charge in [0.05, 0.1) is 23.4 Å². The van der Waals surface area contributed by atoms with Crippen LogP contribution in [0.2, 0.25) is 5.02 Å². The van der Waals surface area contributed by atoms with Crippen LogP contribution in [-0.2, 0) is 9.53 Å². The van der Waals surface area contributed by atoms with Gasteiger partial charge >= 0.3 is 0 Å². The van der Waals surface area contributed by atoms with Gasteiger partial charge in [-0.25, -0.2) is 4.98 Å². The highest BCUT2D eigenvalue weighted by Crippen LogP contribution is 2.33. The summed E-state index contributed by atoms with van der Waals surface area (Å²) in [5.41, 5.74) is 1.82. The third kappa shape index (κ3) is 6.06. The van der Waals surface area contributed by atoms with E-state index < -0.39 is 0 Å². The molecule has 31 heavy (non-hydrogen) atoms. The van der Waals surface area contributed by atoms with Gasteiger partial charge in [0, 0.05) is 42.2 Å². The first-order valence-electron chi connectivity index (χ1n) is 10.0. The lowest BCUT2D eigenvalue weighted by Crippen LogP contribution is -2.39. The fraction of sp³-hybridized carbons (Fsp3) is 0.364. The monoisotopic (exact) mass is 497 g/mol. The van der Waals surface area contributed by atoms with Crippen molar-refractivity contribution in [2.45, 2.75) is 13.3 Å². The molecule has 3 aromatic rings. The van der Waals surface area contributed by atoms with Crippen LogP contribution in [0.4, 0.5) is 5.13 Å². The zero-order chi connectivity index (χ0) is 20.9. The average molecular weight is 499 g/mol. The van der Waals surface area contributed by atoms with Crippen LogP contribution in [0.15, 0.2) is 35.7 Å². The number of anilines is 1. The molecule has 1 aliphatic heterocycles. The van der Waals surface area contributed by atoms with E-state index >= 15 is 0 Å². The van der Waals surface area contributed by atoms with Crippen LogP contribution in [0.1, 0.15) is 16.9 Å². The number of rotatable bonds is 7. The van der Waals surface area contributed by atoms with Gasteiger partial charge < -0.3 is 4.74 Å². The Balaban J connectivity index is 0.00000272. The van der Waals surface area contributed by atoms with E-state index in [1.807, 2.05) is 42.6 Å².